The van der Waals surface area contributed by atoms with Crippen LogP contribution in [0.3, 0.4) is 0 Å². The van der Waals surface area contributed by atoms with Gasteiger partial charge in [-0.1, -0.05) is 6.07 Å². The number of hydrogen-bond acceptors (Lipinski definition) is 4. The molecule has 0 spiro atoms. The van der Waals surface area contributed by atoms with Crippen LogP contribution in [0, 0.1) is 6.92 Å². The molecule has 1 amide bonds. The van der Waals surface area contributed by atoms with Crippen molar-refractivity contribution in [2.24, 2.45) is 0 Å². The van der Waals surface area contributed by atoms with E-state index in [0.29, 0.717) is 19.0 Å². The normalized spacial score (nSPS) is 19.0. The molecule has 5 nitrogen and oxygen atoms in total. The Morgan fingerprint density at radius 3 is 2.85 bits per heavy atom. The molecule has 1 aromatic heterocycles. The number of amides is 1. The van der Waals surface area contributed by atoms with Crippen LogP contribution in [0.2, 0.25) is 0 Å². The largest absolute Gasteiger partial charge is 0.472 e. The van der Waals surface area contributed by atoms with Crippen LogP contribution in [0.5, 0.6) is 5.88 Å². The predicted molar refractivity (Wildman–Crippen MR) is 75.8 cm³/mol. The van der Waals surface area contributed by atoms with Gasteiger partial charge in [0.05, 0.1) is 6.54 Å². The lowest BCUT2D eigenvalue weighted by Crippen LogP contribution is -2.36. The van der Waals surface area contributed by atoms with Crippen LogP contribution in [-0.4, -0.2) is 40.8 Å². The quantitative estimate of drug-likeness (QED) is 0.834. The second-order valence-corrected chi connectivity index (χ2v) is 6.08. The highest BCUT2D eigenvalue weighted by Gasteiger charge is 2.31. The first-order valence-electron chi connectivity index (χ1n) is 6.91. The van der Waals surface area contributed by atoms with E-state index in [1.165, 1.54) is 0 Å². The molecule has 110 valence electrons. The fourth-order valence-corrected chi connectivity index (χ4v) is 2.07. The zero-order valence-electron chi connectivity index (χ0n) is 12.5. The maximum Gasteiger partial charge on any atom is 0.410 e. The van der Waals surface area contributed by atoms with Gasteiger partial charge < -0.3 is 14.4 Å². The van der Waals surface area contributed by atoms with E-state index in [0.717, 1.165) is 12.0 Å². The highest BCUT2D eigenvalue weighted by Crippen LogP contribution is 2.21. The van der Waals surface area contributed by atoms with Crippen molar-refractivity contribution >= 4 is 6.09 Å². The van der Waals surface area contributed by atoms with Crippen molar-refractivity contribution in [1.82, 2.24) is 9.88 Å². The third-order valence-corrected chi connectivity index (χ3v) is 3.04. The maximum absolute atomic E-state index is 12.0. The van der Waals surface area contributed by atoms with E-state index in [-0.39, 0.29) is 12.2 Å². The molecule has 0 N–H and O–H groups in total. The van der Waals surface area contributed by atoms with Crippen LogP contribution < -0.4 is 4.74 Å². The number of rotatable bonds is 2. The zero-order valence-corrected chi connectivity index (χ0v) is 12.5. The Hall–Kier alpha value is -1.78. The van der Waals surface area contributed by atoms with Crippen LogP contribution in [0.1, 0.15) is 32.8 Å². The van der Waals surface area contributed by atoms with Gasteiger partial charge in [0.15, 0.2) is 0 Å². The SMILES string of the molecule is Cc1cccnc1O[C@@H]1CCN(C(=O)OC(C)(C)C)C1. The molecular weight excluding hydrogens is 256 g/mol. The Bertz CT molecular complexity index is 482. The van der Waals surface area contributed by atoms with Crippen LogP contribution >= 0.6 is 0 Å². The number of pyridine rings is 1. The maximum atomic E-state index is 12.0. The van der Waals surface area contributed by atoms with Crippen molar-refractivity contribution in [2.45, 2.75) is 45.8 Å². The summed E-state index contributed by atoms with van der Waals surface area (Å²) in [7, 11) is 0. The molecule has 2 rings (SSSR count). The van der Waals surface area contributed by atoms with Crippen molar-refractivity contribution in [3.05, 3.63) is 23.9 Å². The molecule has 1 aliphatic rings. The average Bonchev–Trinajstić information content (AvgIpc) is 2.79. The molecule has 1 aromatic rings. The molecule has 5 heteroatoms. The first-order chi connectivity index (χ1) is 9.35. The number of likely N-dealkylation sites (tertiary alicyclic amines) is 1. The van der Waals surface area contributed by atoms with E-state index < -0.39 is 5.60 Å². The highest BCUT2D eigenvalue weighted by atomic mass is 16.6. The molecule has 0 unspecified atom stereocenters. The lowest BCUT2D eigenvalue weighted by atomic mass is 10.2. The highest BCUT2D eigenvalue weighted by molar-refractivity contribution is 5.68. The van der Waals surface area contributed by atoms with Crippen LogP contribution in [0.25, 0.3) is 0 Å². The predicted octanol–water partition coefficient (Wildman–Crippen LogP) is 2.78. The van der Waals surface area contributed by atoms with Crippen molar-refractivity contribution in [3.63, 3.8) is 0 Å². The van der Waals surface area contributed by atoms with Crippen molar-refractivity contribution in [1.29, 1.82) is 0 Å². The summed E-state index contributed by atoms with van der Waals surface area (Å²) in [5, 5.41) is 0. The molecule has 1 atom stereocenters. The van der Waals surface area contributed by atoms with Gasteiger partial charge in [0.1, 0.15) is 11.7 Å². The minimum absolute atomic E-state index is 0.0175. The molecule has 0 bridgehead atoms. The minimum atomic E-state index is -0.465. The van der Waals surface area contributed by atoms with E-state index in [2.05, 4.69) is 4.98 Å². The Kier molecular flexibility index (Phi) is 4.16. The first kappa shape index (κ1) is 14.6. The van der Waals surface area contributed by atoms with Gasteiger partial charge in [-0.05, 0) is 33.8 Å². The van der Waals surface area contributed by atoms with Crippen LogP contribution in [0.4, 0.5) is 4.79 Å². The third-order valence-electron chi connectivity index (χ3n) is 3.04. The monoisotopic (exact) mass is 278 g/mol. The van der Waals surface area contributed by atoms with Gasteiger partial charge in [-0.25, -0.2) is 9.78 Å². The summed E-state index contributed by atoms with van der Waals surface area (Å²) in [6.45, 7) is 8.77. The standard InChI is InChI=1S/C15H22N2O3/c1-11-6-5-8-16-13(11)19-12-7-9-17(10-12)14(18)20-15(2,3)4/h5-6,8,12H,7,9-10H2,1-4H3/t12-/m1/s1. The Morgan fingerprint density at radius 1 is 1.45 bits per heavy atom. The fourth-order valence-electron chi connectivity index (χ4n) is 2.07. The van der Waals surface area contributed by atoms with E-state index in [9.17, 15) is 4.79 Å². The van der Waals surface area contributed by atoms with E-state index in [4.69, 9.17) is 9.47 Å². The molecule has 1 fully saturated rings. The molecule has 2 heterocycles. The molecule has 0 aliphatic carbocycles. The minimum Gasteiger partial charge on any atom is -0.472 e. The van der Waals surface area contributed by atoms with Gasteiger partial charge >= 0.3 is 6.09 Å². The number of carbonyl (C=O) groups is 1. The van der Waals surface area contributed by atoms with E-state index >= 15 is 0 Å². The third kappa shape index (κ3) is 3.85. The number of carbonyl (C=O) groups excluding carboxylic acids is 1. The van der Waals surface area contributed by atoms with Gasteiger partial charge in [0.25, 0.3) is 0 Å². The molecular formula is C15H22N2O3. The van der Waals surface area contributed by atoms with Gasteiger partial charge in [-0.2, -0.15) is 0 Å². The summed E-state index contributed by atoms with van der Waals surface area (Å²) in [5.41, 5.74) is 0.538. The van der Waals surface area contributed by atoms with E-state index in [1.54, 1.807) is 11.1 Å². The molecule has 0 radical (unpaired) electrons. The topological polar surface area (TPSA) is 51.7 Å². The van der Waals surface area contributed by atoms with Gasteiger partial charge in [-0.3, -0.25) is 0 Å². The van der Waals surface area contributed by atoms with Crippen molar-refractivity contribution in [2.75, 3.05) is 13.1 Å². The lowest BCUT2D eigenvalue weighted by Gasteiger charge is -2.24. The number of aromatic nitrogens is 1. The van der Waals surface area contributed by atoms with Gasteiger partial charge in [-0.15, -0.1) is 0 Å². The summed E-state index contributed by atoms with van der Waals surface area (Å²) in [6.07, 6.45) is 2.22. The summed E-state index contributed by atoms with van der Waals surface area (Å²) in [5.74, 6) is 0.642. The van der Waals surface area contributed by atoms with Gasteiger partial charge in [0, 0.05) is 24.7 Å². The smallest absolute Gasteiger partial charge is 0.410 e. The Balaban J connectivity index is 1.90. The number of aryl methyl sites for hydroxylation is 1. The summed E-state index contributed by atoms with van der Waals surface area (Å²) >= 11 is 0. The molecule has 0 aromatic carbocycles. The number of nitrogens with zero attached hydrogens (tertiary/aromatic N) is 2. The second kappa shape index (κ2) is 5.69. The Morgan fingerprint density at radius 2 is 2.20 bits per heavy atom. The van der Waals surface area contributed by atoms with Crippen molar-refractivity contribution < 1.29 is 14.3 Å². The summed E-state index contributed by atoms with van der Waals surface area (Å²) < 4.78 is 11.2. The molecule has 1 aliphatic heterocycles. The number of hydrogen-bond donors (Lipinski definition) is 0. The van der Waals surface area contributed by atoms with Crippen LogP contribution in [-0.2, 0) is 4.74 Å². The van der Waals surface area contributed by atoms with Crippen LogP contribution in [0.15, 0.2) is 18.3 Å². The molecule has 0 saturated carbocycles. The molecule has 20 heavy (non-hydrogen) atoms. The average molecular weight is 278 g/mol. The summed E-state index contributed by atoms with van der Waals surface area (Å²) in [4.78, 5) is 17.9. The first-order valence-corrected chi connectivity index (χ1v) is 6.91. The number of ether oxygens (including phenoxy) is 2. The van der Waals surface area contributed by atoms with E-state index in [1.807, 2.05) is 39.8 Å². The lowest BCUT2D eigenvalue weighted by molar-refractivity contribution is 0.0275. The fraction of sp³-hybridized carbons (Fsp3) is 0.600. The molecule has 1 saturated heterocycles. The van der Waals surface area contributed by atoms with Crippen molar-refractivity contribution in [3.8, 4) is 5.88 Å². The summed E-state index contributed by atoms with van der Waals surface area (Å²) in [6, 6.07) is 3.84. The van der Waals surface area contributed by atoms with Gasteiger partial charge in [0.2, 0.25) is 5.88 Å². The Labute approximate surface area is 119 Å². The zero-order chi connectivity index (χ0) is 14.8. The second-order valence-electron chi connectivity index (χ2n) is 6.08.